The molecule has 3 fully saturated rings. The predicted molar refractivity (Wildman–Crippen MR) is 91.2 cm³/mol. The van der Waals surface area contributed by atoms with Gasteiger partial charge in [-0.2, -0.15) is 11.8 Å². The van der Waals surface area contributed by atoms with Crippen LogP contribution in [0, 0.1) is 17.7 Å². The Bertz CT molecular complexity index is 706. The van der Waals surface area contributed by atoms with Gasteiger partial charge in [-0.25, -0.2) is 9.18 Å². The second kappa shape index (κ2) is 6.49. The van der Waals surface area contributed by atoms with Gasteiger partial charge >= 0.3 is 6.09 Å². The number of carbonyl (C=O) groups excluding carboxylic acids is 2. The number of hydrogen-bond donors (Lipinski definition) is 2. The highest BCUT2D eigenvalue weighted by Crippen LogP contribution is 2.61. The highest BCUT2D eigenvalue weighted by Gasteiger charge is 2.54. The van der Waals surface area contributed by atoms with Crippen molar-refractivity contribution in [3.63, 3.8) is 0 Å². The predicted octanol–water partition coefficient (Wildman–Crippen LogP) is 1.34. The van der Waals surface area contributed by atoms with Gasteiger partial charge in [-0.05, 0) is 47.0 Å². The van der Waals surface area contributed by atoms with E-state index in [9.17, 15) is 14.0 Å². The number of halogens is 1. The van der Waals surface area contributed by atoms with Crippen LogP contribution in [0.5, 0.6) is 0 Å². The summed E-state index contributed by atoms with van der Waals surface area (Å²) in [6.07, 6.45) is -1.08. The van der Waals surface area contributed by atoms with Gasteiger partial charge in [0.25, 0.3) is 0 Å². The smallest absolute Gasteiger partial charge is 0.414 e. The molecule has 4 atom stereocenters. The lowest BCUT2D eigenvalue weighted by atomic mass is 10.1. The quantitative estimate of drug-likeness (QED) is 0.822. The minimum absolute atomic E-state index is 0.116. The zero-order valence-electron chi connectivity index (χ0n) is 13.5. The Morgan fingerprint density at radius 2 is 2.16 bits per heavy atom. The van der Waals surface area contributed by atoms with Crippen LogP contribution in [0.3, 0.4) is 0 Å². The summed E-state index contributed by atoms with van der Waals surface area (Å²) >= 11 is 1.93. The Kier molecular flexibility index (Phi) is 4.33. The Morgan fingerprint density at radius 3 is 2.84 bits per heavy atom. The van der Waals surface area contributed by atoms with Crippen molar-refractivity contribution in [2.45, 2.75) is 12.0 Å². The third kappa shape index (κ3) is 3.08. The van der Waals surface area contributed by atoms with E-state index in [0.717, 1.165) is 17.1 Å². The van der Waals surface area contributed by atoms with Gasteiger partial charge in [0.1, 0.15) is 18.5 Å². The number of fused-ring (bicyclic) bond motifs is 1. The topological polar surface area (TPSA) is 78.9 Å². The number of cyclic esters (lactones) is 1. The first kappa shape index (κ1) is 16.7. The molecule has 2 N–H and O–H groups in total. The Hall–Kier alpha value is -1.80. The van der Waals surface area contributed by atoms with E-state index in [0.29, 0.717) is 23.4 Å². The molecule has 0 unspecified atom stereocenters. The van der Waals surface area contributed by atoms with Crippen LogP contribution in [-0.4, -0.2) is 54.4 Å². The van der Waals surface area contributed by atoms with E-state index in [4.69, 9.17) is 9.84 Å². The summed E-state index contributed by atoms with van der Waals surface area (Å²) in [4.78, 5) is 24.5. The summed E-state index contributed by atoms with van der Waals surface area (Å²) in [7, 11) is 0. The maximum Gasteiger partial charge on any atom is 0.414 e. The third-order valence-corrected chi connectivity index (χ3v) is 6.39. The summed E-state index contributed by atoms with van der Waals surface area (Å²) in [6, 6.07) is 4.94. The molecule has 1 aromatic rings. The SMILES string of the molecule is O=C(CO)NC[C@H]1CN(c2ccc([C@H]3[C@@H]4CSC[C@@H]43)c(F)c2)C(=O)O1. The number of ether oxygens (including phenoxy) is 1. The van der Waals surface area contributed by atoms with Crippen molar-refractivity contribution in [1.29, 1.82) is 0 Å². The number of carbonyl (C=O) groups is 2. The number of nitrogens with one attached hydrogen (secondary N) is 1. The van der Waals surface area contributed by atoms with Gasteiger partial charge in [-0.3, -0.25) is 9.69 Å². The first-order valence-electron chi connectivity index (χ1n) is 8.31. The summed E-state index contributed by atoms with van der Waals surface area (Å²) in [6.45, 7) is -0.265. The van der Waals surface area contributed by atoms with Crippen molar-refractivity contribution in [1.82, 2.24) is 5.32 Å². The van der Waals surface area contributed by atoms with E-state index >= 15 is 0 Å². The number of rotatable bonds is 5. The number of thioether (sulfide) groups is 1. The number of amides is 2. The lowest BCUT2D eigenvalue weighted by Gasteiger charge is -2.15. The first-order chi connectivity index (χ1) is 12.1. The molecular formula is C17H19FN2O4S. The molecule has 134 valence electrons. The van der Waals surface area contributed by atoms with Gasteiger partial charge in [-0.15, -0.1) is 0 Å². The summed E-state index contributed by atoms with van der Waals surface area (Å²) in [5, 5.41) is 11.1. The first-order valence-corrected chi connectivity index (χ1v) is 9.47. The van der Waals surface area contributed by atoms with Crippen molar-refractivity contribution in [3.05, 3.63) is 29.6 Å². The lowest BCUT2D eigenvalue weighted by Crippen LogP contribution is -2.36. The molecule has 2 saturated heterocycles. The van der Waals surface area contributed by atoms with E-state index in [1.807, 2.05) is 11.8 Å². The fourth-order valence-electron chi connectivity index (χ4n) is 3.78. The second-order valence-corrected chi connectivity index (χ2v) is 7.75. The molecule has 6 nitrogen and oxygen atoms in total. The molecular weight excluding hydrogens is 347 g/mol. The fraction of sp³-hybridized carbons (Fsp3) is 0.529. The Morgan fingerprint density at radius 1 is 1.40 bits per heavy atom. The van der Waals surface area contributed by atoms with Crippen LogP contribution in [0.1, 0.15) is 11.5 Å². The number of benzene rings is 1. The molecule has 25 heavy (non-hydrogen) atoms. The number of aliphatic hydroxyl groups is 1. The molecule has 2 amide bonds. The molecule has 1 aromatic carbocycles. The molecule has 0 radical (unpaired) electrons. The highest BCUT2D eigenvalue weighted by molar-refractivity contribution is 7.99. The van der Waals surface area contributed by atoms with Crippen molar-refractivity contribution >= 4 is 29.4 Å². The van der Waals surface area contributed by atoms with Crippen molar-refractivity contribution in [3.8, 4) is 0 Å². The average molecular weight is 366 g/mol. The molecule has 3 aliphatic rings. The summed E-state index contributed by atoms with van der Waals surface area (Å²) in [5.74, 6) is 2.93. The minimum Gasteiger partial charge on any atom is -0.442 e. The Labute approximate surface area is 148 Å². The minimum atomic E-state index is -0.612. The van der Waals surface area contributed by atoms with Gasteiger partial charge in [0, 0.05) is 0 Å². The van der Waals surface area contributed by atoms with Crippen LogP contribution in [-0.2, 0) is 9.53 Å². The molecule has 2 aliphatic heterocycles. The zero-order chi connectivity index (χ0) is 17.6. The molecule has 8 heteroatoms. The molecule has 2 heterocycles. The summed E-state index contributed by atoms with van der Waals surface area (Å²) < 4.78 is 19.7. The number of aliphatic hydroxyl groups excluding tert-OH is 1. The normalized spacial score (nSPS) is 30.2. The van der Waals surface area contributed by atoms with Crippen LogP contribution in [0.25, 0.3) is 0 Å². The second-order valence-electron chi connectivity index (χ2n) is 6.68. The van der Waals surface area contributed by atoms with Crippen molar-refractivity contribution in [2.24, 2.45) is 11.8 Å². The van der Waals surface area contributed by atoms with E-state index in [2.05, 4.69) is 5.32 Å². The average Bonchev–Trinajstić information content (AvgIpc) is 2.95. The van der Waals surface area contributed by atoms with Gasteiger partial charge in [0.2, 0.25) is 5.91 Å². The maximum absolute atomic E-state index is 14.6. The Balaban J connectivity index is 1.42. The van der Waals surface area contributed by atoms with Crippen molar-refractivity contribution in [2.75, 3.05) is 36.1 Å². The number of hydrogen-bond acceptors (Lipinski definition) is 5. The molecule has 0 spiro atoms. The van der Waals surface area contributed by atoms with Crippen LogP contribution < -0.4 is 10.2 Å². The van der Waals surface area contributed by atoms with Crippen LogP contribution in [0.4, 0.5) is 14.9 Å². The van der Waals surface area contributed by atoms with Crippen LogP contribution >= 0.6 is 11.8 Å². The molecule has 0 aromatic heterocycles. The molecule has 0 bridgehead atoms. The monoisotopic (exact) mass is 366 g/mol. The van der Waals surface area contributed by atoms with Gasteiger partial charge < -0.3 is 15.2 Å². The van der Waals surface area contributed by atoms with E-state index in [-0.39, 0.29) is 18.9 Å². The maximum atomic E-state index is 14.6. The largest absolute Gasteiger partial charge is 0.442 e. The van der Waals surface area contributed by atoms with Gasteiger partial charge in [0.15, 0.2) is 0 Å². The third-order valence-electron chi connectivity index (χ3n) is 5.15. The fourth-order valence-corrected chi connectivity index (χ4v) is 5.37. The molecule has 1 aliphatic carbocycles. The van der Waals surface area contributed by atoms with Crippen molar-refractivity contribution < 1.29 is 23.8 Å². The van der Waals surface area contributed by atoms with E-state index in [1.54, 1.807) is 12.1 Å². The number of anilines is 1. The standard InChI is InChI=1S/C17H19FN2O4S/c18-14-3-9(1-2-11(14)16-12-7-25-8-13(12)16)20-5-10(24-17(20)23)4-19-15(22)6-21/h1-3,10,12-13,16,21H,4-8H2,(H,19,22)/t10-,12-,13+,16+/m0/s1. The van der Waals surface area contributed by atoms with Crippen LogP contribution in [0.15, 0.2) is 18.2 Å². The highest BCUT2D eigenvalue weighted by atomic mass is 32.2. The lowest BCUT2D eigenvalue weighted by molar-refractivity contribution is -0.124. The van der Waals surface area contributed by atoms with Crippen LogP contribution in [0.2, 0.25) is 0 Å². The van der Waals surface area contributed by atoms with Gasteiger partial charge in [0.05, 0.1) is 18.8 Å². The number of nitrogens with zero attached hydrogens (tertiary/aromatic N) is 1. The van der Waals surface area contributed by atoms with Gasteiger partial charge in [-0.1, -0.05) is 6.07 Å². The molecule has 4 rings (SSSR count). The van der Waals surface area contributed by atoms with E-state index in [1.165, 1.54) is 11.0 Å². The van der Waals surface area contributed by atoms with E-state index < -0.39 is 24.7 Å². The zero-order valence-corrected chi connectivity index (χ0v) is 14.3. The summed E-state index contributed by atoms with van der Waals surface area (Å²) in [5.41, 5.74) is 1.21. The molecule has 1 saturated carbocycles.